The molecule has 0 saturated carbocycles. The standard InChI is InChI=1S/C11H12ClNO/c1-2-3-4-7-10(14)11-9(12)6-5-8-13-11/h1,5-6,8,10,14H,3-4,7H2. The summed E-state index contributed by atoms with van der Waals surface area (Å²) in [6, 6.07) is 3.45. The maximum Gasteiger partial charge on any atom is 0.0975 e. The van der Waals surface area contributed by atoms with Gasteiger partial charge in [-0.1, -0.05) is 11.6 Å². The fourth-order valence-corrected chi connectivity index (χ4v) is 1.42. The first-order chi connectivity index (χ1) is 6.75. The largest absolute Gasteiger partial charge is 0.387 e. The van der Waals surface area contributed by atoms with E-state index in [0.29, 0.717) is 23.6 Å². The van der Waals surface area contributed by atoms with Crippen LogP contribution in [0.3, 0.4) is 0 Å². The highest BCUT2D eigenvalue weighted by Crippen LogP contribution is 2.23. The van der Waals surface area contributed by atoms with Crippen LogP contribution in [0.25, 0.3) is 0 Å². The minimum atomic E-state index is -0.614. The van der Waals surface area contributed by atoms with Gasteiger partial charge in [0.05, 0.1) is 16.8 Å². The molecule has 0 aromatic carbocycles. The van der Waals surface area contributed by atoms with E-state index in [1.165, 1.54) is 0 Å². The molecule has 0 bridgehead atoms. The van der Waals surface area contributed by atoms with Crippen molar-refractivity contribution in [1.29, 1.82) is 0 Å². The Labute approximate surface area is 88.9 Å². The minimum absolute atomic E-state index is 0.501. The monoisotopic (exact) mass is 209 g/mol. The number of rotatable bonds is 4. The smallest absolute Gasteiger partial charge is 0.0975 e. The molecule has 1 rings (SSSR count). The van der Waals surface area contributed by atoms with Crippen LogP contribution in [0.5, 0.6) is 0 Å². The number of hydrogen-bond acceptors (Lipinski definition) is 2. The van der Waals surface area contributed by atoms with Gasteiger partial charge in [0, 0.05) is 12.6 Å². The first kappa shape index (κ1) is 11.0. The van der Waals surface area contributed by atoms with E-state index in [1.54, 1.807) is 18.3 Å². The van der Waals surface area contributed by atoms with Gasteiger partial charge in [-0.05, 0) is 25.0 Å². The van der Waals surface area contributed by atoms with Gasteiger partial charge in [0.15, 0.2) is 0 Å². The molecular formula is C11H12ClNO. The van der Waals surface area contributed by atoms with E-state index in [-0.39, 0.29) is 0 Å². The Hall–Kier alpha value is -1.04. The normalized spacial score (nSPS) is 12.1. The quantitative estimate of drug-likeness (QED) is 0.611. The highest BCUT2D eigenvalue weighted by molar-refractivity contribution is 6.31. The molecule has 74 valence electrons. The van der Waals surface area contributed by atoms with Gasteiger partial charge in [-0.2, -0.15) is 0 Å². The second-order valence-corrected chi connectivity index (χ2v) is 3.39. The number of halogens is 1. The maximum atomic E-state index is 9.71. The number of hydrogen-bond donors (Lipinski definition) is 1. The average molecular weight is 210 g/mol. The molecule has 14 heavy (non-hydrogen) atoms. The number of aliphatic hydroxyl groups is 1. The van der Waals surface area contributed by atoms with Crippen LogP contribution in [0.2, 0.25) is 5.02 Å². The predicted molar refractivity (Wildman–Crippen MR) is 56.9 cm³/mol. The van der Waals surface area contributed by atoms with E-state index in [0.717, 1.165) is 6.42 Å². The summed E-state index contributed by atoms with van der Waals surface area (Å²) >= 11 is 5.87. The number of aromatic nitrogens is 1. The van der Waals surface area contributed by atoms with Gasteiger partial charge in [0.1, 0.15) is 0 Å². The summed E-state index contributed by atoms with van der Waals surface area (Å²) in [5, 5.41) is 10.2. The van der Waals surface area contributed by atoms with Crippen LogP contribution in [0.15, 0.2) is 18.3 Å². The molecule has 1 unspecified atom stereocenters. The molecule has 3 heteroatoms. The summed E-state index contributed by atoms with van der Waals surface area (Å²) in [5.41, 5.74) is 0.534. The third-order valence-corrected chi connectivity index (χ3v) is 2.22. The van der Waals surface area contributed by atoms with Crippen molar-refractivity contribution in [2.24, 2.45) is 0 Å². The minimum Gasteiger partial charge on any atom is -0.387 e. The highest BCUT2D eigenvalue weighted by atomic mass is 35.5. The van der Waals surface area contributed by atoms with Gasteiger partial charge in [0.2, 0.25) is 0 Å². The second kappa shape index (κ2) is 5.64. The van der Waals surface area contributed by atoms with Crippen molar-refractivity contribution in [2.45, 2.75) is 25.4 Å². The van der Waals surface area contributed by atoms with Gasteiger partial charge in [-0.3, -0.25) is 4.98 Å². The van der Waals surface area contributed by atoms with Gasteiger partial charge >= 0.3 is 0 Å². The first-order valence-corrected chi connectivity index (χ1v) is 4.85. The van der Waals surface area contributed by atoms with Crippen LogP contribution in [0.1, 0.15) is 31.1 Å². The Bertz CT molecular complexity index is 332. The molecule has 1 atom stereocenters. The number of pyridine rings is 1. The molecule has 0 fully saturated rings. The zero-order valence-corrected chi connectivity index (χ0v) is 8.54. The van der Waals surface area contributed by atoms with Crippen LogP contribution in [-0.4, -0.2) is 10.1 Å². The summed E-state index contributed by atoms with van der Waals surface area (Å²) in [6.45, 7) is 0. The van der Waals surface area contributed by atoms with Crippen molar-refractivity contribution < 1.29 is 5.11 Å². The third kappa shape index (κ3) is 3.02. The lowest BCUT2D eigenvalue weighted by Crippen LogP contribution is -2.00. The van der Waals surface area contributed by atoms with Gasteiger partial charge < -0.3 is 5.11 Å². The predicted octanol–water partition coefficient (Wildman–Crippen LogP) is 2.57. The molecular weight excluding hydrogens is 198 g/mol. The molecule has 1 aromatic heterocycles. The molecule has 0 aliphatic rings. The zero-order chi connectivity index (χ0) is 10.4. The van der Waals surface area contributed by atoms with Crippen molar-refractivity contribution >= 4 is 11.6 Å². The highest BCUT2D eigenvalue weighted by Gasteiger charge is 2.11. The topological polar surface area (TPSA) is 33.1 Å². The molecule has 0 saturated heterocycles. The fraction of sp³-hybridized carbons (Fsp3) is 0.364. The van der Waals surface area contributed by atoms with Crippen molar-refractivity contribution in [2.75, 3.05) is 0 Å². The summed E-state index contributed by atoms with van der Waals surface area (Å²) in [5.74, 6) is 2.52. The van der Waals surface area contributed by atoms with Crippen LogP contribution in [0.4, 0.5) is 0 Å². The zero-order valence-electron chi connectivity index (χ0n) is 7.78. The molecule has 0 spiro atoms. The molecule has 2 nitrogen and oxygen atoms in total. The lowest BCUT2D eigenvalue weighted by molar-refractivity contribution is 0.160. The van der Waals surface area contributed by atoms with Gasteiger partial charge in [0.25, 0.3) is 0 Å². The molecule has 1 aromatic rings. The van der Waals surface area contributed by atoms with Crippen molar-refractivity contribution in [1.82, 2.24) is 4.98 Å². The van der Waals surface area contributed by atoms with E-state index in [9.17, 15) is 5.11 Å². The number of nitrogens with zero attached hydrogens (tertiary/aromatic N) is 1. The summed E-state index contributed by atoms with van der Waals surface area (Å²) in [6.07, 6.45) is 8.16. The van der Waals surface area contributed by atoms with E-state index in [4.69, 9.17) is 18.0 Å². The van der Waals surface area contributed by atoms with E-state index in [2.05, 4.69) is 10.9 Å². The second-order valence-electron chi connectivity index (χ2n) is 2.98. The van der Waals surface area contributed by atoms with E-state index < -0.39 is 6.10 Å². The van der Waals surface area contributed by atoms with E-state index >= 15 is 0 Å². The van der Waals surface area contributed by atoms with Crippen molar-refractivity contribution in [3.8, 4) is 12.3 Å². The lowest BCUT2D eigenvalue weighted by Gasteiger charge is -2.09. The maximum absolute atomic E-state index is 9.71. The third-order valence-electron chi connectivity index (χ3n) is 1.90. The molecule has 0 radical (unpaired) electrons. The number of terminal acetylenes is 1. The van der Waals surface area contributed by atoms with Gasteiger partial charge in [-0.25, -0.2) is 0 Å². The number of aliphatic hydroxyl groups excluding tert-OH is 1. The number of unbranched alkanes of at least 4 members (excludes halogenated alkanes) is 1. The molecule has 1 N–H and O–H groups in total. The summed E-state index contributed by atoms with van der Waals surface area (Å²) in [7, 11) is 0. The Morgan fingerprint density at radius 2 is 2.43 bits per heavy atom. The van der Waals surface area contributed by atoms with Crippen molar-refractivity contribution in [3.05, 3.63) is 29.0 Å². The molecule has 0 aliphatic heterocycles. The lowest BCUT2D eigenvalue weighted by atomic mass is 10.1. The first-order valence-electron chi connectivity index (χ1n) is 4.47. The fourth-order valence-electron chi connectivity index (χ4n) is 1.18. The molecule has 0 amide bonds. The Balaban J connectivity index is 2.57. The van der Waals surface area contributed by atoms with Crippen LogP contribution in [-0.2, 0) is 0 Å². The Morgan fingerprint density at radius 1 is 1.64 bits per heavy atom. The summed E-state index contributed by atoms with van der Waals surface area (Å²) < 4.78 is 0. The Kier molecular flexibility index (Phi) is 4.45. The summed E-state index contributed by atoms with van der Waals surface area (Å²) in [4.78, 5) is 4.02. The Morgan fingerprint density at radius 3 is 3.07 bits per heavy atom. The van der Waals surface area contributed by atoms with Crippen LogP contribution in [0, 0.1) is 12.3 Å². The SMILES string of the molecule is C#CCCCC(O)c1ncccc1Cl. The van der Waals surface area contributed by atoms with Gasteiger partial charge in [-0.15, -0.1) is 12.3 Å². The van der Waals surface area contributed by atoms with E-state index in [1.807, 2.05) is 0 Å². The van der Waals surface area contributed by atoms with Crippen molar-refractivity contribution in [3.63, 3.8) is 0 Å². The molecule has 0 aliphatic carbocycles. The average Bonchev–Trinajstić information content (AvgIpc) is 2.18. The van der Waals surface area contributed by atoms with Crippen LogP contribution >= 0.6 is 11.6 Å². The molecule has 1 heterocycles. The van der Waals surface area contributed by atoms with Crippen LogP contribution < -0.4 is 0 Å².